The lowest BCUT2D eigenvalue weighted by Crippen LogP contribution is -2.49. The minimum Gasteiger partial charge on any atom is -0.356 e. The van der Waals surface area contributed by atoms with E-state index in [1.807, 2.05) is 30.3 Å². The van der Waals surface area contributed by atoms with Crippen molar-refractivity contribution in [2.45, 2.75) is 39.0 Å². The van der Waals surface area contributed by atoms with Crippen LogP contribution in [0, 0.1) is 12.8 Å². The third kappa shape index (κ3) is 6.09. The largest absolute Gasteiger partial charge is 0.356 e. The van der Waals surface area contributed by atoms with Crippen molar-refractivity contribution in [2.75, 3.05) is 37.4 Å². The monoisotopic (exact) mass is 384 g/mol. The van der Waals surface area contributed by atoms with E-state index in [9.17, 15) is 0 Å². The third-order valence-electron chi connectivity index (χ3n) is 4.50. The van der Waals surface area contributed by atoms with E-state index < -0.39 is 0 Å². The molecule has 0 aromatic carbocycles. The van der Waals surface area contributed by atoms with Gasteiger partial charge in [-0.3, -0.25) is 0 Å². The zero-order chi connectivity index (χ0) is 18.2. The normalized spacial score (nSPS) is 18.9. The van der Waals surface area contributed by atoms with E-state index >= 15 is 0 Å². The van der Waals surface area contributed by atoms with E-state index in [1.54, 1.807) is 0 Å². The number of nitrogens with zero attached hydrogens (tertiary/aromatic N) is 5. The first-order valence-corrected chi connectivity index (χ1v) is 11.5. The van der Waals surface area contributed by atoms with Gasteiger partial charge >= 0.3 is 0 Å². The van der Waals surface area contributed by atoms with E-state index in [-0.39, 0.29) is 0 Å². The van der Waals surface area contributed by atoms with Gasteiger partial charge in [0.25, 0.3) is 0 Å². The Morgan fingerprint density at radius 3 is 2.88 bits per heavy atom. The number of guanidine groups is 1. The lowest BCUT2D eigenvalue weighted by molar-refractivity contribution is 0.380. The summed E-state index contributed by atoms with van der Waals surface area (Å²) >= 11 is 3.98. The van der Waals surface area contributed by atoms with Gasteiger partial charge in [0.05, 0.1) is 0 Å². The van der Waals surface area contributed by atoms with Gasteiger partial charge in [-0.05, 0) is 31.3 Å². The number of hydrogen-bond acceptors (Lipinski definition) is 5. The highest BCUT2D eigenvalue weighted by molar-refractivity contribution is 8.00. The van der Waals surface area contributed by atoms with Crippen molar-refractivity contribution in [1.82, 2.24) is 25.0 Å². The lowest BCUT2D eigenvalue weighted by Gasteiger charge is -2.36. The highest BCUT2D eigenvalue weighted by atomic mass is 32.2. The minimum absolute atomic E-state index is 0.568. The summed E-state index contributed by atoms with van der Waals surface area (Å²) in [6.45, 7) is 10.2. The standard InChI is InChI=1S/C17H32N6S2/c1-13(2)15-12-23(8-10-25-15)17(18-7-6-9-24-5)19-11-16-21-20-14(3)22(16)4/h13,15H,6-12H2,1-5H3,(H,18,19). The number of hydrogen-bond donors (Lipinski definition) is 1. The predicted molar refractivity (Wildman–Crippen MR) is 111 cm³/mol. The Hall–Kier alpha value is -0.890. The van der Waals surface area contributed by atoms with Crippen LogP contribution in [0.4, 0.5) is 0 Å². The maximum Gasteiger partial charge on any atom is 0.194 e. The molecule has 8 heteroatoms. The summed E-state index contributed by atoms with van der Waals surface area (Å²) in [6.07, 6.45) is 3.31. The molecule has 1 unspecified atom stereocenters. The van der Waals surface area contributed by atoms with Crippen LogP contribution in [0.15, 0.2) is 4.99 Å². The van der Waals surface area contributed by atoms with Crippen LogP contribution >= 0.6 is 23.5 Å². The summed E-state index contributed by atoms with van der Waals surface area (Å²) in [7, 11) is 2.00. The number of aliphatic imine (C=N–C) groups is 1. The van der Waals surface area contributed by atoms with E-state index in [1.165, 1.54) is 5.75 Å². The average Bonchev–Trinajstić information content (AvgIpc) is 2.93. The minimum atomic E-state index is 0.568. The van der Waals surface area contributed by atoms with E-state index in [0.717, 1.165) is 49.4 Å². The SMILES string of the molecule is CSCCCNC(=NCc1nnc(C)n1C)N1CCSC(C(C)C)C1. The molecule has 1 N–H and O–H groups in total. The molecule has 142 valence electrons. The van der Waals surface area contributed by atoms with E-state index in [2.05, 4.69) is 52.3 Å². The molecule has 1 aromatic rings. The summed E-state index contributed by atoms with van der Waals surface area (Å²) in [4.78, 5) is 7.30. The molecular formula is C17H32N6S2. The summed E-state index contributed by atoms with van der Waals surface area (Å²) < 4.78 is 2.01. The molecule has 2 rings (SSSR count). The van der Waals surface area contributed by atoms with Crippen molar-refractivity contribution in [1.29, 1.82) is 0 Å². The smallest absolute Gasteiger partial charge is 0.194 e. The number of thioether (sulfide) groups is 2. The molecule has 0 saturated carbocycles. The van der Waals surface area contributed by atoms with Crippen molar-refractivity contribution in [3.8, 4) is 0 Å². The summed E-state index contributed by atoms with van der Waals surface area (Å²) in [5.74, 6) is 5.88. The van der Waals surface area contributed by atoms with Crippen LogP contribution in [0.5, 0.6) is 0 Å². The van der Waals surface area contributed by atoms with Gasteiger partial charge in [0, 0.05) is 37.7 Å². The van der Waals surface area contributed by atoms with Crippen LogP contribution in [0.25, 0.3) is 0 Å². The van der Waals surface area contributed by atoms with Gasteiger partial charge in [-0.15, -0.1) is 10.2 Å². The molecule has 1 aromatic heterocycles. The Balaban J connectivity index is 2.05. The van der Waals surface area contributed by atoms with Crippen LogP contribution in [0.2, 0.25) is 0 Å². The Morgan fingerprint density at radius 2 is 2.24 bits per heavy atom. The highest BCUT2D eigenvalue weighted by Crippen LogP contribution is 2.25. The van der Waals surface area contributed by atoms with Gasteiger partial charge in [-0.25, -0.2) is 4.99 Å². The van der Waals surface area contributed by atoms with Crippen LogP contribution in [-0.4, -0.2) is 68.3 Å². The lowest BCUT2D eigenvalue weighted by atomic mass is 10.1. The van der Waals surface area contributed by atoms with Crippen molar-refractivity contribution in [3.05, 3.63) is 11.6 Å². The van der Waals surface area contributed by atoms with Crippen molar-refractivity contribution < 1.29 is 0 Å². The molecule has 0 bridgehead atoms. The second-order valence-corrected chi connectivity index (χ2v) is 9.07. The summed E-state index contributed by atoms with van der Waals surface area (Å²) in [5, 5.41) is 12.6. The molecule has 25 heavy (non-hydrogen) atoms. The van der Waals surface area contributed by atoms with Gasteiger partial charge in [0.1, 0.15) is 12.4 Å². The van der Waals surface area contributed by atoms with Gasteiger partial charge in [-0.1, -0.05) is 13.8 Å². The fourth-order valence-corrected chi connectivity index (χ4v) is 4.42. The Morgan fingerprint density at radius 1 is 1.44 bits per heavy atom. The van der Waals surface area contributed by atoms with Crippen LogP contribution in [0.1, 0.15) is 31.9 Å². The Bertz CT molecular complexity index is 557. The first-order chi connectivity index (χ1) is 12.0. The molecule has 1 aliphatic rings. The molecule has 2 heterocycles. The first kappa shape index (κ1) is 20.4. The Kier molecular flexibility index (Phi) is 8.42. The zero-order valence-corrected chi connectivity index (χ0v) is 17.8. The molecule has 6 nitrogen and oxygen atoms in total. The Labute approximate surface area is 160 Å². The van der Waals surface area contributed by atoms with E-state index in [4.69, 9.17) is 4.99 Å². The second-order valence-electron chi connectivity index (χ2n) is 6.73. The highest BCUT2D eigenvalue weighted by Gasteiger charge is 2.25. The van der Waals surface area contributed by atoms with Crippen LogP contribution in [-0.2, 0) is 13.6 Å². The quantitative estimate of drug-likeness (QED) is 0.443. The molecule has 0 spiro atoms. The summed E-state index contributed by atoms with van der Waals surface area (Å²) in [6, 6.07) is 0. The zero-order valence-electron chi connectivity index (χ0n) is 16.2. The van der Waals surface area contributed by atoms with Crippen molar-refractivity contribution in [2.24, 2.45) is 18.0 Å². The number of aryl methyl sites for hydroxylation is 1. The van der Waals surface area contributed by atoms with Gasteiger partial charge in [0.2, 0.25) is 0 Å². The maximum atomic E-state index is 4.88. The maximum absolute atomic E-state index is 4.88. The van der Waals surface area contributed by atoms with Crippen LogP contribution < -0.4 is 5.32 Å². The number of rotatable bonds is 7. The number of nitrogens with one attached hydrogen (secondary N) is 1. The molecule has 1 atom stereocenters. The van der Waals surface area contributed by atoms with Crippen molar-refractivity contribution in [3.63, 3.8) is 0 Å². The van der Waals surface area contributed by atoms with E-state index in [0.29, 0.717) is 17.7 Å². The fourth-order valence-electron chi connectivity index (χ4n) is 2.69. The average molecular weight is 385 g/mol. The predicted octanol–water partition coefficient (Wildman–Crippen LogP) is 2.40. The molecule has 1 aliphatic heterocycles. The molecule has 1 fully saturated rings. The molecular weight excluding hydrogens is 352 g/mol. The second kappa shape index (κ2) is 10.3. The molecule has 0 amide bonds. The molecule has 0 aliphatic carbocycles. The molecule has 1 saturated heterocycles. The van der Waals surface area contributed by atoms with Crippen LogP contribution in [0.3, 0.4) is 0 Å². The van der Waals surface area contributed by atoms with Crippen molar-refractivity contribution >= 4 is 29.5 Å². The third-order valence-corrected chi connectivity index (χ3v) is 6.73. The topological polar surface area (TPSA) is 58.3 Å². The first-order valence-electron chi connectivity index (χ1n) is 9.01. The van der Waals surface area contributed by atoms with Gasteiger partial charge < -0.3 is 14.8 Å². The molecule has 0 radical (unpaired) electrons. The van der Waals surface area contributed by atoms with Gasteiger partial charge in [0.15, 0.2) is 11.8 Å². The van der Waals surface area contributed by atoms with Gasteiger partial charge in [-0.2, -0.15) is 23.5 Å². The fraction of sp³-hybridized carbons (Fsp3) is 0.824. The summed E-state index contributed by atoms with van der Waals surface area (Å²) in [5.41, 5.74) is 0. The number of aromatic nitrogens is 3.